The molecule has 0 aliphatic rings. The minimum atomic E-state index is -5.86. The molecule has 9 heteroatoms. The predicted octanol–water partition coefficient (Wildman–Crippen LogP) is 5.11. The Hall–Kier alpha value is -2.29. The molecule has 2 aromatic rings. The summed E-state index contributed by atoms with van der Waals surface area (Å²) in [6.45, 7) is 5.01. The number of benzene rings is 2. The van der Waals surface area contributed by atoms with Crippen molar-refractivity contribution in [1.82, 2.24) is 4.90 Å². The summed E-state index contributed by atoms with van der Waals surface area (Å²) in [5.74, 6) is -0.882. The zero-order chi connectivity index (χ0) is 21.7. The SMILES string of the molecule is CCCCN(CCCC)C(=O)c1cccc2cccc(OS(=O)(=O)C(F)(F)F)c12. The second-order valence-electron chi connectivity index (χ2n) is 6.64. The van der Waals surface area contributed by atoms with Crippen molar-refractivity contribution in [3.05, 3.63) is 42.0 Å². The third-order valence-corrected chi connectivity index (χ3v) is 5.40. The summed E-state index contributed by atoms with van der Waals surface area (Å²) in [5, 5.41) is 0.461. The van der Waals surface area contributed by atoms with Crippen LogP contribution in [-0.2, 0) is 10.1 Å². The van der Waals surface area contributed by atoms with E-state index >= 15 is 0 Å². The molecule has 0 N–H and O–H groups in total. The number of amides is 1. The van der Waals surface area contributed by atoms with Crippen molar-refractivity contribution in [3.8, 4) is 5.75 Å². The van der Waals surface area contributed by atoms with E-state index in [0.717, 1.165) is 31.7 Å². The van der Waals surface area contributed by atoms with Gasteiger partial charge in [0.25, 0.3) is 5.91 Å². The van der Waals surface area contributed by atoms with Crippen LogP contribution >= 0.6 is 0 Å². The minimum absolute atomic E-state index is 0.0471. The molecule has 0 radical (unpaired) electrons. The molecular formula is C20H24F3NO4S. The summed E-state index contributed by atoms with van der Waals surface area (Å²) in [4.78, 5) is 14.8. The van der Waals surface area contributed by atoms with Gasteiger partial charge in [0.2, 0.25) is 0 Å². The molecular weight excluding hydrogens is 407 g/mol. The van der Waals surface area contributed by atoms with Gasteiger partial charge in [-0.05, 0) is 30.4 Å². The van der Waals surface area contributed by atoms with E-state index in [9.17, 15) is 26.4 Å². The minimum Gasteiger partial charge on any atom is -0.375 e. The molecule has 0 bridgehead atoms. The molecule has 5 nitrogen and oxygen atoms in total. The second kappa shape index (κ2) is 9.47. The van der Waals surface area contributed by atoms with Gasteiger partial charge in [-0.1, -0.05) is 51.0 Å². The Kier molecular flexibility index (Phi) is 7.51. The van der Waals surface area contributed by atoms with E-state index in [0.29, 0.717) is 18.5 Å². The number of hydrogen-bond donors (Lipinski definition) is 0. The molecule has 2 aromatic carbocycles. The van der Waals surface area contributed by atoms with Crippen molar-refractivity contribution in [2.75, 3.05) is 13.1 Å². The fraction of sp³-hybridized carbons (Fsp3) is 0.450. The maximum absolute atomic E-state index is 13.2. The van der Waals surface area contributed by atoms with Gasteiger partial charge >= 0.3 is 15.6 Å². The van der Waals surface area contributed by atoms with Crippen molar-refractivity contribution in [3.63, 3.8) is 0 Å². The molecule has 0 saturated heterocycles. The number of fused-ring (bicyclic) bond motifs is 1. The molecule has 29 heavy (non-hydrogen) atoms. The lowest BCUT2D eigenvalue weighted by atomic mass is 10.0. The highest BCUT2D eigenvalue weighted by molar-refractivity contribution is 7.88. The van der Waals surface area contributed by atoms with Crippen molar-refractivity contribution < 1.29 is 30.6 Å². The summed E-state index contributed by atoms with van der Waals surface area (Å²) in [5.41, 5.74) is -5.45. The summed E-state index contributed by atoms with van der Waals surface area (Å²) in [6, 6.07) is 8.75. The van der Waals surface area contributed by atoms with E-state index in [-0.39, 0.29) is 16.9 Å². The molecule has 1 amide bonds. The molecule has 0 spiro atoms. The Bertz CT molecular complexity index is 945. The van der Waals surface area contributed by atoms with E-state index in [1.54, 1.807) is 23.1 Å². The fourth-order valence-corrected chi connectivity index (χ4v) is 3.37. The largest absolute Gasteiger partial charge is 0.534 e. The number of alkyl halides is 3. The van der Waals surface area contributed by atoms with Crippen LogP contribution in [0.4, 0.5) is 13.2 Å². The first-order valence-corrected chi connectivity index (χ1v) is 10.8. The van der Waals surface area contributed by atoms with Crippen LogP contribution in [0, 0.1) is 0 Å². The summed E-state index contributed by atoms with van der Waals surface area (Å²) >= 11 is 0. The molecule has 0 heterocycles. The molecule has 0 unspecified atom stereocenters. The maximum Gasteiger partial charge on any atom is 0.534 e. The number of hydrogen-bond acceptors (Lipinski definition) is 4. The Labute approximate surface area is 168 Å². The maximum atomic E-state index is 13.2. The number of rotatable bonds is 9. The zero-order valence-corrected chi connectivity index (χ0v) is 17.1. The van der Waals surface area contributed by atoms with E-state index < -0.39 is 21.4 Å². The average molecular weight is 431 g/mol. The molecule has 0 fully saturated rings. The highest BCUT2D eigenvalue weighted by Gasteiger charge is 2.48. The highest BCUT2D eigenvalue weighted by Crippen LogP contribution is 2.34. The van der Waals surface area contributed by atoms with Gasteiger partial charge in [0, 0.05) is 18.5 Å². The van der Waals surface area contributed by atoms with Crippen LogP contribution in [0.3, 0.4) is 0 Å². The van der Waals surface area contributed by atoms with E-state index in [4.69, 9.17) is 0 Å². The third-order valence-electron chi connectivity index (χ3n) is 4.43. The Morgan fingerprint density at radius 1 is 1.00 bits per heavy atom. The third kappa shape index (κ3) is 5.41. The monoisotopic (exact) mass is 431 g/mol. The van der Waals surface area contributed by atoms with Crippen LogP contribution < -0.4 is 4.18 Å². The highest BCUT2D eigenvalue weighted by atomic mass is 32.2. The first-order chi connectivity index (χ1) is 13.6. The number of carbonyl (C=O) groups is 1. The van der Waals surface area contributed by atoms with Crippen LogP contribution in [-0.4, -0.2) is 37.8 Å². The van der Waals surface area contributed by atoms with Crippen LogP contribution in [0.1, 0.15) is 49.9 Å². The Morgan fingerprint density at radius 2 is 1.55 bits per heavy atom. The molecule has 0 saturated carbocycles. The normalized spacial score (nSPS) is 12.2. The number of nitrogens with zero attached hydrogens (tertiary/aromatic N) is 1. The molecule has 2 rings (SSSR count). The molecule has 160 valence electrons. The van der Waals surface area contributed by atoms with E-state index in [2.05, 4.69) is 4.18 Å². The van der Waals surface area contributed by atoms with E-state index in [1.165, 1.54) is 12.1 Å². The van der Waals surface area contributed by atoms with Gasteiger partial charge in [0.05, 0.1) is 5.56 Å². The van der Waals surface area contributed by atoms with Crippen molar-refractivity contribution in [2.45, 2.75) is 45.0 Å². The quantitative estimate of drug-likeness (QED) is 0.409. The molecule has 0 aliphatic carbocycles. The standard InChI is InChI=1S/C20H24F3NO4S/c1-3-5-13-24(14-6-4-2)19(25)16-11-7-9-15-10-8-12-17(18(15)16)28-29(26,27)20(21,22)23/h7-12H,3-6,13-14H2,1-2H3. The topological polar surface area (TPSA) is 63.7 Å². The summed E-state index contributed by atoms with van der Waals surface area (Å²) in [7, 11) is -5.86. The molecule has 0 aromatic heterocycles. The predicted molar refractivity (Wildman–Crippen MR) is 105 cm³/mol. The van der Waals surface area contributed by atoms with Gasteiger partial charge in [-0.2, -0.15) is 21.6 Å². The fourth-order valence-electron chi connectivity index (χ4n) is 2.90. The Balaban J connectivity index is 2.55. The van der Waals surface area contributed by atoms with Crippen LogP contribution in [0.15, 0.2) is 36.4 Å². The van der Waals surface area contributed by atoms with Gasteiger partial charge < -0.3 is 9.08 Å². The smallest absolute Gasteiger partial charge is 0.375 e. The Morgan fingerprint density at radius 3 is 2.07 bits per heavy atom. The van der Waals surface area contributed by atoms with Crippen molar-refractivity contribution in [2.24, 2.45) is 0 Å². The van der Waals surface area contributed by atoms with Crippen LogP contribution in [0.25, 0.3) is 10.8 Å². The van der Waals surface area contributed by atoms with Crippen LogP contribution in [0.2, 0.25) is 0 Å². The average Bonchev–Trinajstić information content (AvgIpc) is 2.66. The molecule has 0 aliphatic heterocycles. The second-order valence-corrected chi connectivity index (χ2v) is 8.18. The van der Waals surface area contributed by atoms with Crippen molar-refractivity contribution >= 4 is 26.8 Å². The van der Waals surface area contributed by atoms with Gasteiger partial charge in [-0.15, -0.1) is 0 Å². The van der Waals surface area contributed by atoms with Gasteiger partial charge in [0.15, 0.2) is 5.75 Å². The lowest BCUT2D eigenvalue weighted by molar-refractivity contribution is -0.0499. The first kappa shape index (κ1) is 23.0. The lowest BCUT2D eigenvalue weighted by Gasteiger charge is -2.23. The van der Waals surface area contributed by atoms with Crippen LogP contribution in [0.5, 0.6) is 5.75 Å². The number of carbonyl (C=O) groups excluding carboxylic acids is 1. The molecule has 0 atom stereocenters. The summed E-state index contributed by atoms with van der Waals surface area (Å²) in [6.07, 6.45) is 3.32. The lowest BCUT2D eigenvalue weighted by Crippen LogP contribution is -2.33. The first-order valence-electron chi connectivity index (χ1n) is 9.44. The number of unbranched alkanes of at least 4 members (excludes halogenated alkanes) is 2. The zero-order valence-electron chi connectivity index (χ0n) is 16.3. The van der Waals surface area contributed by atoms with Gasteiger partial charge in [0.1, 0.15) is 0 Å². The van der Waals surface area contributed by atoms with Gasteiger partial charge in [-0.3, -0.25) is 4.79 Å². The number of halogens is 3. The van der Waals surface area contributed by atoms with Gasteiger partial charge in [-0.25, -0.2) is 0 Å². The van der Waals surface area contributed by atoms with Crippen molar-refractivity contribution in [1.29, 1.82) is 0 Å². The summed E-state index contributed by atoms with van der Waals surface area (Å²) < 4.78 is 65.8. The van der Waals surface area contributed by atoms with E-state index in [1.807, 2.05) is 13.8 Å².